The van der Waals surface area contributed by atoms with Crippen LogP contribution in [0.25, 0.3) is 0 Å². The van der Waals surface area contributed by atoms with Crippen molar-refractivity contribution in [2.45, 2.75) is 31.6 Å². The first-order valence-electron chi connectivity index (χ1n) is 11.9. The van der Waals surface area contributed by atoms with E-state index in [1.54, 1.807) is 48.5 Å². The van der Waals surface area contributed by atoms with Crippen molar-refractivity contribution < 1.29 is 32.2 Å². The topological polar surface area (TPSA) is 120 Å². The van der Waals surface area contributed by atoms with Crippen molar-refractivity contribution in [1.29, 1.82) is 0 Å². The molecule has 37 heavy (non-hydrogen) atoms. The van der Waals surface area contributed by atoms with Gasteiger partial charge < -0.3 is 19.5 Å². The summed E-state index contributed by atoms with van der Waals surface area (Å²) in [7, 11) is -3.80. The molecule has 0 aliphatic heterocycles. The van der Waals surface area contributed by atoms with Gasteiger partial charge >= 0.3 is 5.97 Å². The number of carbonyl (C=O) groups excluding carboxylic acids is 2. The molecule has 3 aromatic carbocycles. The number of unbranched alkanes of at least 4 members (excludes halogenated alkanes) is 1. The predicted octanol–water partition coefficient (Wildman–Crippen LogP) is 4.86. The Kier molecular flexibility index (Phi) is 9.91. The Bertz CT molecular complexity index is 1270. The van der Waals surface area contributed by atoms with Crippen LogP contribution in [-0.2, 0) is 19.6 Å². The molecule has 0 fully saturated rings. The summed E-state index contributed by atoms with van der Waals surface area (Å²) in [5.74, 6) is 0.165. The van der Waals surface area contributed by atoms with Gasteiger partial charge in [0.05, 0.1) is 23.7 Å². The Morgan fingerprint density at radius 1 is 0.784 bits per heavy atom. The number of sulfonamides is 1. The van der Waals surface area contributed by atoms with E-state index < -0.39 is 21.9 Å². The third kappa shape index (κ3) is 8.53. The summed E-state index contributed by atoms with van der Waals surface area (Å²) in [4.78, 5) is 24.2. The second-order valence-electron chi connectivity index (χ2n) is 7.94. The highest BCUT2D eigenvalue weighted by atomic mass is 32.2. The van der Waals surface area contributed by atoms with Crippen LogP contribution in [0, 0.1) is 0 Å². The van der Waals surface area contributed by atoms with E-state index >= 15 is 0 Å². The molecule has 10 heteroatoms. The molecule has 3 aromatic rings. The minimum absolute atomic E-state index is 0.0477. The first-order valence-corrected chi connectivity index (χ1v) is 13.3. The zero-order chi connectivity index (χ0) is 26.7. The normalized spacial score (nSPS) is 10.9. The van der Waals surface area contributed by atoms with Gasteiger partial charge in [-0.15, -0.1) is 0 Å². The van der Waals surface area contributed by atoms with Gasteiger partial charge in [-0.05, 0) is 86.1 Å². The molecule has 9 nitrogen and oxygen atoms in total. The molecule has 0 unspecified atom stereocenters. The molecule has 0 saturated heterocycles. The van der Waals surface area contributed by atoms with Gasteiger partial charge in [0.25, 0.3) is 15.9 Å². The lowest BCUT2D eigenvalue weighted by Gasteiger charge is -2.11. The van der Waals surface area contributed by atoms with Gasteiger partial charge in [0.15, 0.2) is 6.61 Å². The number of hydrogen-bond donors (Lipinski definition) is 2. The highest BCUT2D eigenvalue weighted by Crippen LogP contribution is 2.21. The van der Waals surface area contributed by atoms with E-state index in [1.165, 1.54) is 24.3 Å². The van der Waals surface area contributed by atoms with Gasteiger partial charge in [0.2, 0.25) is 0 Å². The average molecular weight is 527 g/mol. The van der Waals surface area contributed by atoms with Crippen LogP contribution in [0.1, 0.15) is 37.0 Å². The summed E-state index contributed by atoms with van der Waals surface area (Å²) < 4.78 is 43.8. The fourth-order valence-corrected chi connectivity index (χ4v) is 4.20. The molecule has 0 aliphatic carbocycles. The number of esters is 1. The van der Waals surface area contributed by atoms with Gasteiger partial charge in [-0.25, -0.2) is 13.2 Å². The zero-order valence-electron chi connectivity index (χ0n) is 20.7. The Morgan fingerprint density at radius 2 is 1.38 bits per heavy atom. The lowest BCUT2D eigenvalue weighted by molar-refractivity contribution is -0.118. The molecule has 3 rings (SSSR count). The minimum atomic E-state index is -3.80. The molecule has 0 aliphatic rings. The van der Waals surface area contributed by atoms with Crippen molar-refractivity contribution in [3.05, 3.63) is 78.4 Å². The average Bonchev–Trinajstić information content (AvgIpc) is 2.89. The number of benzene rings is 3. The molecular formula is C27H30N2O7S. The highest BCUT2D eigenvalue weighted by Gasteiger charge is 2.15. The van der Waals surface area contributed by atoms with Crippen molar-refractivity contribution in [2.75, 3.05) is 29.9 Å². The number of hydrogen-bond acceptors (Lipinski definition) is 7. The SMILES string of the molecule is CCCCOC(=O)c1ccc(NC(=O)COc2ccc(S(=O)(=O)Nc3ccc(OCC)cc3)cc2)cc1. The van der Waals surface area contributed by atoms with Crippen LogP contribution in [-0.4, -0.2) is 40.1 Å². The van der Waals surface area contributed by atoms with Crippen LogP contribution in [0.3, 0.4) is 0 Å². The summed E-state index contributed by atoms with van der Waals surface area (Å²) in [6.07, 6.45) is 1.74. The fraction of sp³-hybridized carbons (Fsp3) is 0.259. The second kappa shape index (κ2) is 13.3. The summed E-state index contributed by atoms with van der Waals surface area (Å²) in [6.45, 7) is 4.49. The molecule has 1 amide bonds. The first kappa shape index (κ1) is 27.5. The Balaban J connectivity index is 1.49. The fourth-order valence-electron chi connectivity index (χ4n) is 3.14. The molecule has 0 heterocycles. The minimum Gasteiger partial charge on any atom is -0.494 e. The number of ether oxygens (including phenoxy) is 3. The van der Waals surface area contributed by atoms with Crippen LogP contribution in [0.15, 0.2) is 77.7 Å². The molecule has 0 radical (unpaired) electrons. The number of rotatable bonds is 13. The van der Waals surface area contributed by atoms with Gasteiger partial charge in [-0.1, -0.05) is 13.3 Å². The molecule has 0 saturated carbocycles. The molecule has 0 bridgehead atoms. The quantitative estimate of drug-likeness (QED) is 0.241. The lowest BCUT2D eigenvalue weighted by Crippen LogP contribution is -2.20. The Labute approximate surface area is 216 Å². The highest BCUT2D eigenvalue weighted by molar-refractivity contribution is 7.92. The van der Waals surface area contributed by atoms with Crippen LogP contribution >= 0.6 is 0 Å². The van der Waals surface area contributed by atoms with Crippen molar-refractivity contribution in [3.8, 4) is 11.5 Å². The molecular weight excluding hydrogens is 496 g/mol. The van der Waals surface area contributed by atoms with Gasteiger partial charge in [0, 0.05) is 11.4 Å². The monoisotopic (exact) mass is 526 g/mol. The van der Waals surface area contributed by atoms with Crippen molar-refractivity contribution in [2.24, 2.45) is 0 Å². The molecule has 196 valence electrons. The summed E-state index contributed by atoms with van der Waals surface area (Å²) in [5, 5.41) is 2.67. The number of anilines is 2. The lowest BCUT2D eigenvalue weighted by atomic mass is 10.2. The maximum absolute atomic E-state index is 12.6. The maximum Gasteiger partial charge on any atom is 0.338 e. The Hall–Kier alpha value is -4.05. The second-order valence-corrected chi connectivity index (χ2v) is 9.62. The molecule has 0 spiro atoms. The standard InChI is InChI=1S/C27H30N2O7S/c1-3-5-18-35-27(31)20-6-8-21(9-7-20)28-26(30)19-36-24-14-16-25(17-15-24)37(32,33)29-22-10-12-23(13-11-22)34-4-2/h6-17,29H,3-5,18-19H2,1-2H3,(H,28,30). The maximum atomic E-state index is 12.6. The number of nitrogens with one attached hydrogen (secondary N) is 2. The van der Waals surface area contributed by atoms with Gasteiger partial charge in [0.1, 0.15) is 11.5 Å². The van der Waals surface area contributed by atoms with E-state index in [0.717, 1.165) is 12.8 Å². The molecule has 0 aromatic heterocycles. The third-order valence-corrected chi connectivity index (χ3v) is 6.45. The van der Waals surface area contributed by atoms with Crippen LogP contribution in [0.2, 0.25) is 0 Å². The van der Waals surface area contributed by atoms with Gasteiger partial charge in [-0.3, -0.25) is 9.52 Å². The van der Waals surface area contributed by atoms with E-state index in [0.29, 0.717) is 41.7 Å². The first-order chi connectivity index (χ1) is 17.8. The predicted molar refractivity (Wildman–Crippen MR) is 141 cm³/mol. The zero-order valence-corrected chi connectivity index (χ0v) is 21.5. The van der Waals surface area contributed by atoms with E-state index in [2.05, 4.69) is 10.0 Å². The largest absolute Gasteiger partial charge is 0.494 e. The smallest absolute Gasteiger partial charge is 0.338 e. The van der Waals surface area contributed by atoms with Crippen LogP contribution in [0.4, 0.5) is 11.4 Å². The third-order valence-electron chi connectivity index (χ3n) is 5.06. The van der Waals surface area contributed by atoms with Crippen LogP contribution in [0.5, 0.6) is 11.5 Å². The van der Waals surface area contributed by atoms with E-state index in [-0.39, 0.29) is 11.5 Å². The van der Waals surface area contributed by atoms with E-state index in [9.17, 15) is 18.0 Å². The number of carbonyl (C=O) groups is 2. The van der Waals surface area contributed by atoms with Gasteiger partial charge in [-0.2, -0.15) is 0 Å². The summed E-state index contributed by atoms with van der Waals surface area (Å²) in [5.41, 5.74) is 1.31. The van der Waals surface area contributed by atoms with Crippen molar-refractivity contribution in [3.63, 3.8) is 0 Å². The Morgan fingerprint density at radius 3 is 2.00 bits per heavy atom. The molecule has 2 N–H and O–H groups in total. The summed E-state index contributed by atoms with van der Waals surface area (Å²) >= 11 is 0. The summed E-state index contributed by atoms with van der Waals surface area (Å²) in [6, 6.07) is 18.7. The van der Waals surface area contributed by atoms with E-state index in [1.807, 2.05) is 13.8 Å². The number of amides is 1. The van der Waals surface area contributed by atoms with Crippen molar-refractivity contribution >= 4 is 33.3 Å². The molecule has 0 atom stereocenters. The van der Waals surface area contributed by atoms with Crippen LogP contribution < -0.4 is 19.5 Å². The van der Waals surface area contributed by atoms with E-state index in [4.69, 9.17) is 14.2 Å². The van der Waals surface area contributed by atoms with Crippen molar-refractivity contribution in [1.82, 2.24) is 0 Å².